The largest absolute Gasteiger partial charge is 0.457 e. The van der Waals surface area contributed by atoms with E-state index < -0.39 is 0 Å². The Kier molecular flexibility index (Phi) is 4.17. The summed E-state index contributed by atoms with van der Waals surface area (Å²) in [6.07, 6.45) is 1.89. The van der Waals surface area contributed by atoms with Crippen LogP contribution in [0.25, 0.3) is 10.4 Å². The van der Waals surface area contributed by atoms with Crippen molar-refractivity contribution in [3.05, 3.63) is 60.8 Å². The zero-order valence-electron chi connectivity index (χ0n) is 11.7. The zero-order valence-corrected chi connectivity index (χ0v) is 12.6. The summed E-state index contributed by atoms with van der Waals surface area (Å²) in [5.41, 5.74) is 1.12. The van der Waals surface area contributed by atoms with Gasteiger partial charge in [-0.05, 0) is 36.8 Å². The van der Waals surface area contributed by atoms with Crippen molar-refractivity contribution in [2.24, 2.45) is 0 Å². The van der Waals surface area contributed by atoms with E-state index in [9.17, 15) is 0 Å². The Morgan fingerprint density at radius 3 is 2.67 bits per heavy atom. The van der Waals surface area contributed by atoms with E-state index in [4.69, 9.17) is 4.74 Å². The van der Waals surface area contributed by atoms with Gasteiger partial charge in [0.15, 0.2) is 5.13 Å². The molecule has 0 spiro atoms. The molecule has 0 radical (unpaired) electrons. The van der Waals surface area contributed by atoms with Gasteiger partial charge in [0.05, 0.1) is 4.88 Å². The Bertz CT molecular complexity index is 710. The lowest BCUT2D eigenvalue weighted by molar-refractivity contribution is 0.483. The van der Waals surface area contributed by atoms with Crippen LogP contribution < -0.4 is 10.1 Å². The van der Waals surface area contributed by atoms with E-state index >= 15 is 0 Å². The highest BCUT2D eigenvalue weighted by Gasteiger charge is 2.05. The highest BCUT2D eigenvalue weighted by molar-refractivity contribution is 7.18. The first kappa shape index (κ1) is 13.6. The molecule has 3 rings (SSSR count). The predicted octanol–water partition coefficient (Wildman–Crippen LogP) is 5.03. The number of aromatic nitrogens is 1. The van der Waals surface area contributed by atoms with Crippen LogP contribution in [-0.4, -0.2) is 11.5 Å². The first-order chi connectivity index (χ1) is 10.3. The summed E-state index contributed by atoms with van der Waals surface area (Å²) in [6.45, 7) is 2.94. The first-order valence-electron chi connectivity index (χ1n) is 6.88. The minimum atomic E-state index is 0.831. The zero-order chi connectivity index (χ0) is 14.5. The van der Waals surface area contributed by atoms with E-state index in [1.54, 1.807) is 11.3 Å². The minimum absolute atomic E-state index is 0.831. The molecule has 0 saturated heterocycles. The van der Waals surface area contributed by atoms with Gasteiger partial charge in [0.1, 0.15) is 11.5 Å². The Hall–Kier alpha value is -2.33. The number of rotatable bonds is 5. The molecule has 0 unspecified atom stereocenters. The molecular formula is C17H16N2OS. The Balaban J connectivity index is 1.82. The predicted molar refractivity (Wildman–Crippen MR) is 88.2 cm³/mol. The molecule has 0 aliphatic rings. The van der Waals surface area contributed by atoms with Crippen LogP contribution in [0.15, 0.2) is 60.8 Å². The van der Waals surface area contributed by atoms with Gasteiger partial charge in [-0.1, -0.05) is 41.7 Å². The number of thiazole rings is 1. The molecule has 0 fully saturated rings. The van der Waals surface area contributed by atoms with Crippen LogP contribution >= 0.6 is 11.3 Å². The summed E-state index contributed by atoms with van der Waals surface area (Å²) in [6, 6.07) is 17.9. The van der Waals surface area contributed by atoms with E-state index in [-0.39, 0.29) is 0 Å². The maximum absolute atomic E-state index is 5.86. The molecule has 4 heteroatoms. The van der Waals surface area contributed by atoms with Gasteiger partial charge in [0, 0.05) is 12.7 Å². The van der Waals surface area contributed by atoms with Crippen molar-refractivity contribution in [3.8, 4) is 21.9 Å². The van der Waals surface area contributed by atoms with Gasteiger partial charge < -0.3 is 10.1 Å². The molecule has 2 aromatic carbocycles. The maximum Gasteiger partial charge on any atom is 0.183 e. The van der Waals surface area contributed by atoms with E-state index in [0.29, 0.717) is 0 Å². The molecule has 0 saturated carbocycles. The second-order valence-corrected chi connectivity index (χ2v) is 5.53. The van der Waals surface area contributed by atoms with E-state index in [0.717, 1.165) is 33.6 Å². The molecular weight excluding hydrogens is 280 g/mol. The maximum atomic E-state index is 5.86. The second-order valence-electron chi connectivity index (χ2n) is 4.50. The van der Waals surface area contributed by atoms with Crippen molar-refractivity contribution in [2.45, 2.75) is 6.92 Å². The summed E-state index contributed by atoms with van der Waals surface area (Å²) < 4.78 is 5.86. The van der Waals surface area contributed by atoms with Crippen molar-refractivity contribution in [1.82, 2.24) is 4.98 Å². The summed E-state index contributed by atoms with van der Waals surface area (Å²) >= 11 is 1.65. The van der Waals surface area contributed by atoms with Gasteiger partial charge in [0.2, 0.25) is 0 Å². The number of nitrogens with zero attached hydrogens (tertiary/aromatic N) is 1. The van der Waals surface area contributed by atoms with Crippen LogP contribution in [0, 0.1) is 0 Å². The monoisotopic (exact) mass is 296 g/mol. The quantitative estimate of drug-likeness (QED) is 0.716. The molecule has 1 aromatic heterocycles. The molecule has 0 atom stereocenters. The van der Waals surface area contributed by atoms with Crippen LogP contribution in [0.2, 0.25) is 0 Å². The minimum Gasteiger partial charge on any atom is -0.457 e. The summed E-state index contributed by atoms with van der Waals surface area (Å²) in [7, 11) is 0. The third kappa shape index (κ3) is 3.41. The molecule has 21 heavy (non-hydrogen) atoms. The normalized spacial score (nSPS) is 10.3. The van der Waals surface area contributed by atoms with E-state index in [2.05, 4.69) is 23.3 Å². The number of benzene rings is 2. The van der Waals surface area contributed by atoms with E-state index in [1.807, 2.05) is 54.7 Å². The lowest BCUT2D eigenvalue weighted by Gasteiger charge is -2.06. The number of hydrogen-bond acceptors (Lipinski definition) is 4. The highest BCUT2D eigenvalue weighted by Crippen LogP contribution is 2.32. The summed E-state index contributed by atoms with van der Waals surface area (Å²) in [5.74, 6) is 1.67. The van der Waals surface area contributed by atoms with Gasteiger partial charge in [-0.15, -0.1) is 0 Å². The summed E-state index contributed by atoms with van der Waals surface area (Å²) in [5, 5.41) is 4.17. The van der Waals surface area contributed by atoms with Crippen molar-refractivity contribution < 1.29 is 4.74 Å². The second kappa shape index (κ2) is 6.41. The van der Waals surface area contributed by atoms with Crippen LogP contribution in [0.3, 0.4) is 0 Å². The Morgan fingerprint density at radius 1 is 1.05 bits per heavy atom. The van der Waals surface area contributed by atoms with Crippen molar-refractivity contribution in [3.63, 3.8) is 0 Å². The summed E-state index contributed by atoms with van der Waals surface area (Å²) in [4.78, 5) is 5.49. The lowest BCUT2D eigenvalue weighted by atomic mass is 10.2. The average molecular weight is 296 g/mol. The number of ether oxygens (including phenoxy) is 1. The first-order valence-corrected chi connectivity index (χ1v) is 7.70. The van der Waals surface area contributed by atoms with Gasteiger partial charge in [0.25, 0.3) is 0 Å². The van der Waals surface area contributed by atoms with E-state index in [1.165, 1.54) is 0 Å². The molecule has 106 valence electrons. The topological polar surface area (TPSA) is 34.2 Å². The van der Waals surface area contributed by atoms with Gasteiger partial charge in [-0.3, -0.25) is 0 Å². The SMILES string of the molecule is CCNc1ncc(-c2cccc(Oc3ccccc3)c2)s1. The standard InChI is InChI=1S/C17H16N2OS/c1-2-18-17-19-12-16(21-17)13-7-6-10-15(11-13)20-14-8-4-3-5-9-14/h3-12H,2H2,1H3,(H,18,19). The van der Waals surface area contributed by atoms with Crippen LogP contribution in [0.1, 0.15) is 6.92 Å². The van der Waals surface area contributed by atoms with Gasteiger partial charge in [-0.25, -0.2) is 4.98 Å². The molecule has 0 aliphatic heterocycles. The fourth-order valence-corrected chi connectivity index (χ4v) is 2.86. The fraction of sp³-hybridized carbons (Fsp3) is 0.118. The van der Waals surface area contributed by atoms with Crippen LogP contribution in [-0.2, 0) is 0 Å². The number of anilines is 1. The smallest absolute Gasteiger partial charge is 0.183 e. The van der Waals surface area contributed by atoms with Crippen molar-refractivity contribution >= 4 is 16.5 Å². The molecule has 1 heterocycles. The van der Waals surface area contributed by atoms with Gasteiger partial charge in [-0.2, -0.15) is 0 Å². The molecule has 0 aliphatic carbocycles. The number of nitrogens with one attached hydrogen (secondary N) is 1. The Morgan fingerprint density at radius 2 is 1.86 bits per heavy atom. The number of hydrogen-bond donors (Lipinski definition) is 1. The van der Waals surface area contributed by atoms with Crippen LogP contribution in [0.5, 0.6) is 11.5 Å². The third-order valence-electron chi connectivity index (χ3n) is 2.93. The van der Waals surface area contributed by atoms with Crippen molar-refractivity contribution in [1.29, 1.82) is 0 Å². The average Bonchev–Trinajstić information content (AvgIpc) is 2.98. The number of para-hydroxylation sites is 1. The van der Waals surface area contributed by atoms with Crippen molar-refractivity contribution in [2.75, 3.05) is 11.9 Å². The molecule has 1 N–H and O–H groups in total. The Labute approximate surface area is 128 Å². The molecule has 3 nitrogen and oxygen atoms in total. The fourth-order valence-electron chi connectivity index (χ4n) is 1.98. The van der Waals surface area contributed by atoms with Crippen LogP contribution in [0.4, 0.5) is 5.13 Å². The van der Waals surface area contributed by atoms with Gasteiger partial charge >= 0.3 is 0 Å². The lowest BCUT2D eigenvalue weighted by Crippen LogP contribution is -1.94. The third-order valence-corrected chi connectivity index (χ3v) is 3.94. The molecule has 0 bridgehead atoms. The molecule has 3 aromatic rings. The molecule has 0 amide bonds. The highest BCUT2D eigenvalue weighted by atomic mass is 32.1.